The number of carbonyl (C=O) groups is 5. The van der Waals surface area contributed by atoms with Crippen LogP contribution in [0.4, 0.5) is 44.2 Å². The summed E-state index contributed by atoms with van der Waals surface area (Å²) in [6.45, 7) is 5.05. The van der Waals surface area contributed by atoms with Crippen molar-refractivity contribution >= 4 is 64.8 Å². The highest BCUT2D eigenvalue weighted by Gasteiger charge is 2.30. The standard InChI is InChI=1S/C25H30N8O4.C23H26N8O3/c1-31-7-8-33(22(34)15-31)14-16-3-6-21(30-23(16)24-36-9-10-37-24)32(2)25(35)29-20-11-19(28-18-4-5-18)17(12-26)13-27-20;1-29-7-8-31(22(33)13-29)12-15-3-6-21(27-19(15)14-32)30(2)23(34)28-20-9-18(26-17-4-5-17)16(10-24)11-25-20/h3,6,11,13,18,24H,4-5,7-10,14-15H2,1-2H3,(H2,27,28,29,35);3,6,9,11,14,17H,4-5,7-8,12-13H2,1-2H3,(H2,25,26,28,34). The largest absolute Gasteiger partial charge is 0.381 e. The summed E-state index contributed by atoms with van der Waals surface area (Å²) in [5.74, 6) is 1.34. The molecule has 3 saturated heterocycles. The van der Waals surface area contributed by atoms with Gasteiger partial charge in [-0.05, 0) is 57.5 Å². The lowest BCUT2D eigenvalue weighted by Crippen LogP contribution is -2.48. The van der Waals surface area contributed by atoms with Gasteiger partial charge in [0, 0.05) is 95.5 Å². The molecule has 4 aromatic heterocycles. The van der Waals surface area contributed by atoms with Gasteiger partial charge in [-0.3, -0.25) is 44.6 Å². The van der Waals surface area contributed by atoms with Crippen LogP contribution in [-0.4, -0.2) is 162 Å². The zero-order valence-corrected chi connectivity index (χ0v) is 40.1. The molecule has 4 N–H and O–H groups in total. The molecule has 0 atom stereocenters. The summed E-state index contributed by atoms with van der Waals surface area (Å²) < 4.78 is 11.4. The van der Waals surface area contributed by atoms with E-state index >= 15 is 0 Å². The summed E-state index contributed by atoms with van der Waals surface area (Å²) in [4.78, 5) is 89.8. The second-order valence-electron chi connectivity index (χ2n) is 18.0. The van der Waals surface area contributed by atoms with Gasteiger partial charge >= 0.3 is 12.1 Å². The van der Waals surface area contributed by atoms with E-state index in [-0.39, 0.29) is 29.9 Å². The zero-order valence-electron chi connectivity index (χ0n) is 40.1. The molecule has 3 aliphatic heterocycles. The van der Waals surface area contributed by atoms with Crippen molar-refractivity contribution < 1.29 is 33.4 Å². The number of nitriles is 2. The van der Waals surface area contributed by atoms with Gasteiger partial charge in [-0.15, -0.1) is 0 Å². The van der Waals surface area contributed by atoms with E-state index in [9.17, 15) is 34.5 Å². The number of carbonyl (C=O) groups excluding carboxylic acids is 5. The SMILES string of the molecule is CN1CCN(Cc2ccc(N(C)C(=O)Nc3cc(NC4CC4)c(C#N)cn3)nc2C2OCCO2)C(=O)C1.CN1CCN(Cc2ccc(N(C)C(=O)Nc3cc(NC4CC4)c(C#N)cn3)nc2C=O)C(=O)C1. The highest BCUT2D eigenvalue weighted by atomic mass is 16.7. The van der Waals surface area contributed by atoms with Gasteiger partial charge in [-0.1, -0.05) is 12.1 Å². The lowest BCUT2D eigenvalue weighted by atomic mass is 10.1. The number of nitrogens with one attached hydrogen (secondary N) is 4. The number of anilines is 6. The smallest absolute Gasteiger partial charge is 0.328 e. The Labute approximate surface area is 410 Å². The van der Waals surface area contributed by atoms with Crippen LogP contribution in [0, 0.1) is 22.7 Å². The number of aldehydes is 1. The van der Waals surface area contributed by atoms with Crippen LogP contribution in [0.25, 0.3) is 0 Å². The Bertz CT molecular complexity index is 2750. The minimum Gasteiger partial charge on any atom is -0.381 e. The molecule has 2 aliphatic carbocycles. The Kier molecular flexibility index (Phi) is 15.6. The number of likely N-dealkylation sites (N-methyl/N-ethyl adjacent to an activating group) is 2. The molecule has 6 amide bonds. The van der Waals surface area contributed by atoms with E-state index < -0.39 is 18.4 Å². The van der Waals surface area contributed by atoms with Crippen LogP contribution in [0.15, 0.2) is 48.8 Å². The van der Waals surface area contributed by atoms with Gasteiger partial charge in [0.2, 0.25) is 18.1 Å². The van der Waals surface area contributed by atoms with Gasteiger partial charge in [-0.2, -0.15) is 10.5 Å². The maximum atomic E-state index is 13.1. The summed E-state index contributed by atoms with van der Waals surface area (Å²) in [6.07, 6.45) is 7.02. The van der Waals surface area contributed by atoms with E-state index in [1.54, 1.807) is 47.2 Å². The van der Waals surface area contributed by atoms with E-state index in [0.29, 0.717) is 116 Å². The molecule has 5 aliphatic rings. The first-order chi connectivity index (χ1) is 34.3. The Morgan fingerprint density at radius 3 is 1.63 bits per heavy atom. The number of piperazine rings is 2. The molecule has 2 saturated carbocycles. The molecule has 23 heteroatoms. The third-order valence-corrected chi connectivity index (χ3v) is 12.4. The van der Waals surface area contributed by atoms with E-state index in [0.717, 1.165) is 44.3 Å². The summed E-state index contributed by atoms with van der Waals surface area (Å²) in [7, 11) is 6.95. The van der Waals surface area contributed by atoms with E-state index in [4.69, 9.17) is 14.5 Å². The highest BCUT2D eigenvalue weighted by molar-refractivity contribution is 6.01. The van der Waals surface area contributed by atoms with E-state index in [2.05, 4.69) is 48.4 Å². The third kappa shape index (κ3) is 12.7. The van der Waals surface area contributed by atoms with Crippen LogP contribution in [0.3, 0.4) is 0 Å². The molecule has 71 heavy (non-hydrogen) atoms. The molecule has 7 heterocycles. The first-order valence-corrected chi connectivity index (χ1v) is 23.3. The van der Waals surface area contributed by atoms with Gasteiger partial charge in [-0.25, -0.2) is 29.5 Å². The minimum absolute atomic E-state index is 0.00312. The van der Waals surface area contributed by atoms with Crippen molar-refractivity contribution in [3.05, 3.63) is 82.4 Å². The average molecular weight is 969 g/mol. The van der Waals surface area contributed by atoms with Crippen LogP contribution < -0.4 is 31.1 Å². The second kappa shape index (κ2) is 22.3. The lowest BCUT2D eigenvalue weighted by Gasteiger charge is -2.32. The van der Waals surface area contributed by atoms with Crippen LogP contribution in [0.2, 0.25) is 0 Å². The van der Waals surface area contributed by atoms with E-state index in [1.807, 2.05) is 30.0 Å². The number of amides is 6. The third-order valence-electron chi connectivity index (χ3n) is 12.4. The van der Waals surface area contributed by atoms with Crippen molar-refractivity contribution in [2.75, 3.05) is 112 Å². The number of ether oxygens (including phenoxy) is 2. The van der Waals surface area contributed by atoms with Crippen LogP contribution in [0.5, 0.6) is 0 Å². The summed E-state index contributed by atoms with van der Waals surface area (Å²) in [5.41, 5.74) is 4.27. The molecular formula is C48H56N16O7. The van der Waals surface area contributed by atoms with Gasteiger partial charge in [0.05, 0.1) is 48.8 Å². The fraction of sp³-hybridized carbons (Fsp3) is 0.438. The summed E-state index contributed by atoms with van der Waals surface area (Å²) in [6, 6.07) is 14.2. The number of rotatable bonds is 14. The zero-order chi connectivity index (χ0) is 50.2. The van der Waals surface area contributed by atoms with Crippen molar-refractivity contribution in [3.8, 4) is 12.1 Å². The molecule has 4 aromatic rings. The quantitative estimate of drug-likeness (QED) is 0.132. The molecule has 0 aromatic carbocycles. The fourth-order valence-electron chi connectivity index (χ4n) is 7.80. The van der Waals surface area contributed by atoms with Gasteiger partial charge in [0.25, 0.3) is 0 Å². The molecule has 0 unspecified atom stereocenters. The maximum absolute atomic E-state index is 13.1. The Hall–Kier alpha value is -7.83. The predicted molar refractivity (Wildman–Crippen MR) is 260 cm³/mol. The normalized spacial score (nSPS) is 17.3. The van der Waals surface area contributed by atoms with Crippen molar-refractivity contribution in [3.63, 3.8) is 0 Å². The highest BCUT2D eigenvalue weighted by Crippen LogP contribution is 2.31. The minimum atomic E-state index is -0.662. The molecule has 9 rings (SSSR count). The van der Waals surface area contributed by atoms with Crippen LogP contribution >= 0.6 is 0 Å². The second-order valence-corrected chi connectivity index (χ2v) is 18.0. The summed E-state index contributed by atoms with van der Waals surface area (Å²) in [5, 5.41) is 30.6. The number of aromatic nitrogens is 4. The van der Waals surface area contributed by atoms with Gasteiger partial charge in [0.15, 0.2) is 6.29 Å². The number of hydrogen-bond donors (Lipinski definition) is 4. The number of nitrogens with zero attached hydrogens (tertiary/aromatic N) is 12. The first kappa shape index (κ1) is 49.6. The molecule has 0 radical (unpaired) electrons. The molecular weight excluding hydrogens is 913 g/mol. The monoisotopic (exact) mass is 968 g/mol. The number of urea groups is 2. The molecule has 0 spiro atoms. The number of hydrogen-bond acceptors (Lipinski definition) is 17. The van der Waals surface area contributed by atoms with Crippen molar-refractivity contribution in [1.82, 2.24) is 39.5 Å². The Morgan fingerprint density at radius 2 is 1.18 bits per heavy atom. The van der Waals surface area contributed by atoms with Crippen molar-refractivity contribution in [2.24, 2.45) is 0 Å². The first-order valence-electron chi connectivity index (χ1n) is 23.3. The maximum Gasteiger partial charge on any atom is 0.328 e. The van der Waals surface area contributed by atoms with Gasteiger partial charge < -0.3 is 29.9 Å². The van der Waals surface area contributed by atoms with E-state index in [1.165, 1.54) is 29.2 Å². The van der Waals surface area contributed by atoms with Gasteiger partial charge in [0.1, 0.15) is 46.8 Å². The molecule has 370 valence electrons. The number of pyridine rings is 4. The molecule has 5 fully saturated rings. The fourth-order valence-corrected chi connectivity index (χ4v) is 7.80. The van der Waals surface area contributed by atoms with Crippen molar-refractivity contribution in [1.29, 1.82) is 10.5 Å². The van der Waals surface area contributed by atoms with Crippen molar-refractivity contribution in [2.45, 2.75) is 57.1 Å². The van der Waals surface area contributed by atoms with Crippen LogP contribution in [0.1, 0.15) is 70.4 Å². The lowest BCUT2D eigenvalue weighted by molar-refractivity contribution is -0.136. The van der Waals surface area contributed by atoms with Crippen LogP contribution in [-0.2, 0) is 32.2 Å². The topological polar surface area (TPSA) is 271 Å². The Morgan fingerprint density at radius 1 is 0.718 bits per heavy atom. The average Bonchev–Trinajstić information content (AvgIpc) is 4.31. The summed E-state index contributed by atoms with van der Waals surface area (Å²) >= 11 is 0. The molecule has 0 bridgehead atoms. The predicted octanol–water partition coefficient (Wildman–Crippen LogP) is 3.59. The molecule has 23 nitrogen and oxygen atoms in total. The Balaban J connectivity index is 0.000000191.